The second-order valence-corrected chi connectivity index (χ2v) is 22.1. The molecule has 101 heavy (non-hydrogen) atoms. The van der Waals surface area contributed by atoms with Crippen molar-refractivity contribution in [1.82, 2.24) is 0 Å². The van der Waals surface area contributed by atoms with Crippen LogP contribution < -0.4 is 39.9 Å². The molecule has 0 spiro atoms. The maximum atomic E-state index is 15.0. The van der Waals surface area contributed by atoms with Crippen molar-refractivity contribution in [3.8, 4) is 46.6 Å². The Hall–Kier alpha value is -11.3. The largest absolute Gasteiger partial charge is 0.489 e. The molecule has 0 amide bonds. The van der Waals surface area contributed by atoms with E-state index in [2.05, 4.69) is 9.98 Å². The monoisotopic (exact) mass is 1370 g/mol. The quantitative estimate of drug-likeness (QED) is 0.0264. The van der Waals surface area contributed by atoms with Gasteiger partial charge in [-0.25, -0.2) is 13.2 Å². The predicted octanol–water partition coefficient (Wildman–Crippen LogP) is 16.1. The maximum Gasteiger partial charge on any atom is 0.213 e. The Morgan fingerprint density at radius 2 is 0.653 bits per heavy atom. The van der Waals surface area contributed by atoms with E-state index < -0.39 is 0 Å². The lowest BCUT2D eigenvalue weighted by Crippen LogP contribution is -2.11. The van der Waals surface area contributed by atoms with Crippen LogP contribution in [0.4, 0.5) is 13.2 Å². The van der Waals surface area contributed by atoms with Crippen LogP contribution in [0.2, 0.25) is 0 Å². The zero-order valence-corrected chi connectivity index (χ0v) is 56.4. The van der Waals surface area contributed by atoms with Crippen molar-refractivity contribution < 1.29 is 56.2 Å². The number of nitriles is 2. The Labute approximate surface area is 590 Å². The van der Waals surface area contributed by atoms with Gasteiger partial charge in [-0.3, -0.25) is 20.8 Å². The van der Waals surface area contributed by atoms with Gasteiger partial charge >= 0.3 is 0 Å². The standard InChI is InChI=1S/C28H27FN2O2.C26H27FN2O4.C22H15FN2O2.C2H8N2.C2H6O.CH4/c29-28-22(18-32-24-12-8-20(9-13-24)26-6-2-16-30-26)4-1-5-23(28)19-33-25-14-10-21(11-15-25)27-7-3-17-31-27;1-3-30-25(28)18-8-12-22(13-9-18)32-16-20-6-5-7-21(24(20)27)17-33-23-14-10-19(11-15-23)26(29)31-4-2;23-22-18(14-26-20-8-4-16(12-24)5-9-20)2-1-3-19(22)15-27-21-10-6-17(13-25)7-11-21;3-1-2-4;1-2-3;/h1,4-5,8-15H,2-3,6-7,16-19H2;5-15,28-29H,3-4,16-17H2,1-2H3;1-11H,14-15H2;1-4H2;3H,2H2,1H3;1H4. The summed E-state index contributed by atoms with van der Waals surface area (Å²) in [5.74, 6) is 2.86. The molecule has 2 aliphatic rings. The van der Waals surface area contributed by atoms with Gasteiger partial charge in [-0.15, -0.1) is 0 Å². The van der Waals surface area contributed by atoms with Gasteiger partial charge in [-0.2, -0.15) is 10.5 Å². The van der Waals surface area contributed by atoms with E-state index in [9.17, 15) is 8.78 Å². The number of hydrogen-bond donors (Lipinski definition) is 5. The number of hydrogen-bond acceptors (Lipinski definition) is 17. The van der Waals surface area contributed by atoms with Crippen molar-refractivity contribution in [2.45, 2.75) is 93.5 Å². The summed E-state index contributed by atoms with van der Waals surface area (Å²) < 4.78 is 89.3. The number of aliphatic hydroxyl groups is 1. The highest BCUT2D eigenvalue weighted by atomic mass is 19.1. The van der Waals surface area contributed by atoms with Gasteiger partial charge in [0.2, 0.25) is 11.8 Å². The number of benzene rings is 9. The van der Waals surface area contributed by atoms with Crippen LogP contribution in [0.5, 0.6) is 34.5 Å². The molecule has 2 heterocycles. The van der Waals surface area contributed by atoms with Crippen LogP contribution in [0.3, 0.4) is 0 Å². The molecule has 9 aromatic carbocycles. The van der Waals surface area contributed by atoms with Crippen molar-refractivity contribution in [3.63, 3.8) is 0 Å². The lowest BCUT2D eigenvalue weighted by molar-refractivity contribution is 0.287. The molecule has 0 atom stereocenters. The molecular formula is C81H87F3N8O9. The molecular weight excluding hydrogens is 1290 g/mol. The molecule has 0 saturated heterocycles. The molecule has 20 heteroatoms. The van der Waals surface area contributed by atoms with Crippen molar-refractivity contribution in [3.05, 3.63) is 284 Å². The normalized spacial score (nSPS) is 11.5. The summed E-state index contributed by atoms with van der Waals surface area (Å²) in [6.45, 7) is 10.1. The minimum absolute atomic E-state index is 0. The third kappa shape index (κ3) is 25.5. The fourth-order valence-corrected chi connectivity index (χ4v) is 9.68. The second kappa shape index (κ2) is 43.2. The highest BCUT2D eigenvalue weighted by molar-refractivity contribution is 6.02. The minimum Gasteiger partial charge on any atom is -0.489 e. The van der Waals surface area contributed by atoms with Crippen molar-refractivity contribution in [1.29, 1.82) is 21.3 Å². The van der Waals surface area contributed by atoms with Crippen LogP contribution in [-0.4, -0.2) is 74.3 Å². The molecule has 0 saturated carbocycles. The maximum absolute atomic E-state index is 15.0. The van der Waals surface area contributed by atoms with E-state index in [1.54, 1.807) is 153 Å². The summed E-state index contributed by atoms with van der Waals surface area (Å²) in [4.78, 5) is 9.04. The fourth-order valence-electron chi connectivity index (χ4n) is 9.68. The van der Waals surface area contributed by atoms with E-state index in [1.165, 1.54) is 0 Å². The van der Waals surface area contributed by atoms with Crippen LogP contribution >= 0.6 is 0 Å². The van der Waals surface area contributed by atoms with E-state index in [0.29, 0.717) is 116 Å². The molecule has 2 aliphatic heterocycles. The first-order valence-electron chi connectivity index (χ1n) is 32.8. The van der Waals surface area contributed by atoms with Gasteiger partial charge < -0.3 is 54.5 Å². The number of nitrogens with zero attached hydrogens (tertiary/aromatic N) is 4. The second-order valence-electron chi connectivity index (χ2n) is 22.1. The average Bonchev–Trinajstić information content (AvgIpc) is 1.01. The molecule has 0 aromatic heterocycles. The third-order valence-corrected chi connectivity index (χ3v) is 14.9. The van der Waals surface area contributed by atoms with E-state index in [-0.39, 0.29) is 82.9 Å². The predicted molar refractivity (Wildman–Crippen MR) is 389 cm³/mol. The van der Waals surface area contributed by atoms with Crippen LogP contribution in [0.1, 0.15) is 121 Å². The van der Waals surface area contributed by atoms with Gasteiger partial charge in [0.15, 0.2) is 0 Å². The van der Waals surface area contributed by atoms with Crippen LogP contribution in [0.15, 0.2) is 210 Å². The number of aliphatic imine (C=N–C) groups is 2. The van der Waals surface area contributed by atoms with Gasteiger partial charge in [0.25, 0.3) is 0 Å². The summed E-state index contributed by atoms with van der Waals surface area (Å²) in [6.07, 6.45) is 4.29. The van der Waals surface area contributed by atoms with Crippen LogP contribution in [-0.2, 0) is 49.1 Å². The topological polar surface area (TPSA) is 266 Å². The highest BCUT2D eigenvalue weighted by Crippen LogP contribution is 2.26. The van der Waals surface area contributed by atoms with Crippen molar-refractivity contribution in [2.75, 3.05) is 46.0 Å². The Balaban J connectivity index is 0.000000227. The zero-order chi connectivity index (χ0) is 71.3. The van der Waals surface area contributed by atoms with Gasteiger partial charge in [-0.1, -0.05) is 62.0 Å². The highest BCUT2D eigenvalue weighted by Gasteiger charge is 2.16. The van der Waals surface area contributed by atoms with Gasteiger partial charge in [-0.05, 0) is 203 Å². The summed E-state index contributed by atoms with van der Waals surface area (Å²) >= 11 is 0. The first-order chi connectivity index (χ1) is 48.8. The summed E-state index contributed by atoms with van der Waals surface area (Å²) in [5, 5.41) is 40.8. The molecule has 11 rings (SSSR count). The molecule has 0 unspecified atom stereocenters. The van der Waals surface area contributed by atoms with Gasteiger partial charge in [0.1, 0.15) is 91.6 Å². The lowest BCUT2D eigenvalue weighted by Gasteiger charge is -2.12. The number of ether oxygens (including phenoxy) is 8. The Morgan fingerprint density at radius 3 is 0.861 bits per heavy atom. The number of nitrogens with one attached hydrogen (secondary N) is 2. The third-order valence-electron chi connectivity index (χ3n) is 14.9. The molecule has 526 valence electrons. The number of nitrogens with two attached hydrogens (primary N) is 2. The molecule has 17 nitrogen and oxygen atoms in total. The van der Waals surface area contributed by atoms with E-state index in [0.717, 1.165) is 61.3 Å². The fraction of sp³-hybridized carbons (Fsp3) is 0.259. The minimum atomic E-state index is -0.375. The van der Waals surface area contributed by atoms with Crippen LogP contribution in [0.25, 0.3) is 0 Å². The Bertz CT molecular complexity index is 3910. The number of halogens is 3. The molecule has 9 aromatic rings. The molecule has 7 N–H and O–H groups in total. The zero-order valence-electron chi connectivity index (χ0n) is 56.4. The number of aliphatic hydroxyl groups excluding tert-OH is 1. The first-order valence-corrected chi connectivity index (χ1v) is 32.8. The van der Waals surface area contributed by atoms with Crippen LogP contribution in [0, 0.1) is 50.9 Å². The molecule has 0 radical (unpaired) electrons. The van der Waals surface area contributed by atoms with E-state index in [1.807, 2.05) is 80.6 Å². The SMILES string of the molecule is C.CCO.CCOC(=N)c1ccc(OCc2cccc(COc3ccc(C(=N)OCC)cc3)c2F)cc1.Fc1c(COc2ccc(C3=NCCC3)cc2)cccc1COc1ccc(C2=NCCC2)cc1.N#Cc1ccc(OCc2cccc(COc3ccc(C#N)cc3)c2F)cc1.NCCN. The van der Waals surface area contributed by atoms with E-state index in [4.69, 9.17) is 75.8 Å². The first kappa shape index (κ1) is 78.7. The molecule has 0 fully saturated rings. The lowest BCUT2D eigenvalue weighted by atomic mass is 10.1. The molecule has 0 bridgehead atoms. The van der Waals surface area contributed by atoms with E-state index >= 15 is 4.39 Å². The number of rotatable bonds is 25. The Kier molecular flexibility index (Phi) is 33.7. The smallest absolute Gasteiger partial charge is 0.213 e. The van der Waals surface area contributed by atoms with Crippen molar-refractivity contribution >= 4 is 23.2 Å². The van der Waals surface area contributed by atoms with Crippen molar-refractivity contribution in [2.24, 2.45) is 21.5 Å². The molecule has 0 aliphatic carbocycles. The summed E-state index contributed by atoms with van der Waals surface area (Å²) in [6, 6.07) is 62.4. The average molecular weight is 1370 g/mol. The summed E-state index contributed by atoms with van der Waals surface area (Å²) in [7, 11) is 0. The van der Waals surface area contributed by atoms with Gasteiger partial charge in [0, 0.05) is 88.7 Å². The van der Waals surface area contributed by atoms with Gasteiger partial charge in [0.05, 0.1) is 36.5 Å². The Morgan fingerprint density at radius 1 is 0.416 bits per heavy atom. The summed E-state index contributed by atoms with van der Waals surface area (Å²) in [5.41, 5.74) is 19.4.